The Morgan fingerprint density at radius 1 is 0.960 bits per heavy atom. The summed E-state index contributed by atoms with van der Waals surface area (Å²) in [7, 11) is -1.98. The summed E-state index contributed by atoms with van der Waals surface area (Å²) in [6.07, 6.45) is 6.49. The molecule has 0 atom stereocenters. The van der Waals surface area contributed by atoms with Gasteiger partial charge in [-0.05, 0) is 49.9 Å². The summed E-state index contributed by atoms with van der Waals surface area (Å²) in [4.78, 5) is 2.78. The number of hydrogen-bond donors (Lipinski definition) is 0. The van der Waals surface area contributed by atoms with Crippen molar-refractivity contribution in [2.75, 3.05) is 33.3 Å². The molecular weight excluding hydrogens is 336 g/mol. The van der Waals surface area contributed by atoms with E-state index in [2.05, 4.69) is 4.90 Å². The van der Waals surface area contributed by atoms with E-state index in [-0.39, 0.29) is 0 Å². The molecule has 2 aliphatic rings. The van der Waals surface area contributed by atoms with Crippen LogP contribution in [-0.2, 0) is 10.0 Å². The first-order valence-electron chi connectivity index (χ1n) is 9.33. The van der Waals surface area contributed by atoms with Crippen LogP contribution in [0.1, 0.15) is 43.2 Å². The molecule has 1 aromatic rings. The zero-order valence-electron chi connectivity index (χ0n) is 15.6. The second-order valence-corrected chi connectivity index (χ2v) is 9.23. The zero-order chi connectivity index (χ0) is 18.0. The van der Waals surface area contributed by atoms with Crippen LogP contribution in [0.5, 0.6) is 5.75 Å². The lowest BCUT2D eigenvalue weighted by atomic mass is 9.94. The molecule has 1 heterocycles. The molecule has 140 valence electrons. The molecule has 3 rings (SSSR count). The summed E-state index contributed by atoms with van der Waals surface area (Å²) < 4.78 is 33.3. The summed E-state index contributed by atoms with van der Waals surface area (Å²) in [5.74, 6) is 0.442. The summed E-state index contributed by atoms with van der Waals surface area (Å²) in [5, 5.41) is 0. The molecule has 2 fully saturated rings. The minimum Gasteiger partial charge on any atom is -0.495 e. The molecule has 5 nitrogen and oxygen atoms in total. The molecule has 1 aromatic carbocycles. The first-order chi connectivity index (χ1) is 11.9. The standard InChI is InChI=1S/C19H30N2O3S/c1-15-13-18(24-3)19(14-16(15)2)25(22,23)21-11-9-20(10-12-21)17-7-5-4-6-8-17/h13-14,17H,4-12H2,1-3H3. The Morgan fingerprint density at radius 3 is 2.16 bits per heavy atom. The molecule has 6 heteroatoms. The minimum absolute atomic E-state index is 0.296. The van der Waals surface area contributed by atoms with Gasteiger partial charge < -0.3 is 4.74 Å². The van der Waals surface area contributed by atoms with Crippen LogP contribution in [0.15, 0.2) is 17.0 Å². The molecule has 0 spiro atoms. The van der Waals surface area contributed by atoms with Gasteiger partial charge in [-0.3, -0.25) is 4.90 Å². The average Bonchev–Trinajstić information content (AvgIpc) is 2.64. The molecule has 1 saturated heterocycles. The van der Waals surface area contributed by atoms with Crippen molar-refractivity contribution in [1.82, 2.24) is 9.21 Å². The average molecular weight is 367 g/mol. The lowest BCUT2D eigenvalue weighted by Crippen LogP contribution is -2.52. The van der Waals surface area contributed by atoms with Crippen molar-refractivity contribution in [3.8, 4) is 5.75 Å². The van der Waals surface area contributed by atoms with Gasteiger partial charge in [0.2, 0.25) is 10.0 Å². The molecule has 0 unspecified atom stereocenters. The number of benzene rings is 1. The number of ether oxygens (including phenoxy) is 1. The van der Waals surface area contributed by atoms with Gasteiger partial charge >= 0.3 is 0 Å². The van der Waals surface area contributed by atoms with Gasteiger partial charge in [-0.1, -0.05) is 19.3 Å². The smallest absolute Gasteiger partial charge is 0.246 e. The van der Waals surface area contributed by atoms with Crippen molar-refractivity contribution in [1.29, 1.82) is 0 Å². The Hall–Kier alpha value is -1.11. The molecule has 0 aromatic heterocycles. The van der Waals surface area contributed by atoms with Gasteiger partial charge in [-0.2, -0.15) is 4.31 Å². The van der Waals surface area contributed by atoms with Crippen molar-refractivity contribution >= 4 is 10.0 Å². The largest absolute Gasteiger partial charge is 0.495 e. The molecule has 1 aliphatic heterocycles. The lowest BCUT2D eigenvalue weighted by molar-refractivity contribution is 0.111. The molecular formula is C19H30N2O3S. The fraction of sp³-hybridized carbons (Fsp3) is 0.684. The van der Waals surface area contributed by atoms with Crippen LogP contribution in [0.25, 0.3) is 0 Å². The van der Waals surface area contributed by atoms with Crippen molar-refractivity contribution in [3.63, 3.8) is 0 Å². The Morgan fingerprint density at radius 2 is 1.56 bits per heavy atom. The van der Waals surface area contributed by atoms with Crippen LogP contribution in [-0.4, -0.2) is 57.0 Å². The molecule has 0 amide bonds. The number of hydrogen-bond acceptors (Lipinski definition) is 4. The Balaban J connectivity index is 1.75. The fourth-order valence-corrected chi connectivity index (χ4v) is 5.66. The highest BCUT2D eigenvalue weighted by atomic mass is 32.2. The third kappa shape index (κ3) is 3.86. The van der Waals surface area contributed by atoms with Crippen molar-refractivity contribution in [3.05, 3.63) is 23.3 Å². The lowest BCUT2D eigenvalue weighted by Gasteiger charge is -2.40. The topological polar surface area (TPSA) is 49.9 Å². The third-order valence-corrected chi connectivity index (χ3v) is 7.68. The Labute approximate surface area is 152 Å². The SMILES string of the molecule is COc1cc(C)c(C)cc1S(=O)(=O)N1CCN(C2CCCCC2)CC1. The maximum Gasteiger partial charge on any atom is 0.246 e. The van der Waals surface area contributed by atoms with E-state index in [9.17, 15) is 8.42 Å². The molecule has 0 bridgehead atoms. The number of sulfonamides is 1. The third-order valence-electron chi connectivity index (χ3n) is 5.76. The van der Waals surface area contributed by atoms with E-state index in [1.807, 2.05) is 19.9 Å². The first kappa shape index (κ1) is 18.7. The van der Waals surface area contributed by atoms with Gasteiger partial charge in [0.1, 0.15) is 10.6 Å². The first-order valence-corrected chi connectivity index (χ1v) is 10.8. The predicted molar refractivity (Wildman–Crippen MR) is 99.7 cm³/mol. The number of aryl methyl sites for hydroxylation is 2. The zero-order valence-corrected chi connectivity index (χ0v) is 16.4. The van der Waals surface area contributed by atoms with E-state index < -0.39 is 10.0 Å². The van der Waals surface area contributed by atoms with E-state index in [0.29, 0.717) is 29.8 Å². The van der Waals surface area contributed by atoms with Gasteiger partial charge in [-0.25, -0.2) is 8.42 Å². The second kappa shape index (κ2) is 7.64. The summed E-state index contributed by atoms with van der Waals surface area (Å²) >= 11 is 0. The van der Waals surface area contributed by atoms with Crippen molar-refractivity contribution in [2.24, 2.45) is 0 Å². The van der Waals surface area contributed by atoms with Crippen LogP contribution < -0.4 is 4.74 Å². The molecule has 1 aliphatic carbocycles. The van der Waals surface area contributed by atoms with Gasteiger partial charge in [0.25, 0.3) is 0 Å². The van der Waals surface area contributed by atoms with Crippen LogP contribution in [0.2, 0.25) is 0 Å². The van der Waals surface area contributed by atoms with E-state index >= 15 is 0 Å². The Bertz CT molecular complexity index is 704. The minimum atomic E-state index is -3.52. The number of rotatable bonds is 4. The summed E-state index contributed by atoms with van der Waals surface area (Å²) in [5.41, 5.74) is 2.01. The quantitative estimate of drug-likeness (QED) is 0.822. The molecule has 0 radical (unpaired) electrons. The number of methoxy groups -OCH3 is 1. The maximum atomic E-state index is 13.1. The second-order valence-electron chi connectivity index (χ2n) is 7.32. The van der Waals surface area contributed by atoms with E-state index in [1.54, 1.807) is 10.4 Å². The normalized spacial score (nSPS) is 21.4. The van der Waals surface area contributed by atoms with E-state index in [0.717, 1.165) is 24.2 Å². The number of nitrogens with zero attached hydrogens (tertiary/aromatic N) is 2. The number of piperazine rings is 1. The fourth-order valence-electron chi connectivity index (χ4n) is 4.02. The predicted octanol–water partition coefficient (Wildman–Crippen LogP) is 2.95. The Kier molecular flexibility index (Phi) is 5.71. The van der Waals surface area contributed by atoms with Crippen LogP contribution in [0.4, 0.5) is 0 Å². The summed E-state index contributed by atoms with van der Waals surface area (Å²) in [6.45, 7) is 6.70. The van der Waals surface area contributed by atoms with Gasteiger partial charge in [0.15, 0.2) is 0 Å². The van der Waals surface area contributed by atoms with Crippen LogP contribution >= 0.6 is 0 Å². The van der Waals surface area contributed by atoms with Crippen LogP contribution in [0, 0.1) is 13.8 Å². The highest BCUT2D eigenvalue weighted by Gasteiger charge is 2.33. The molecule has 1 saturated carbocycles. The van der Waals surface area contributed by atoms with Crippen molar-refractivity contribution < 1.29 is 13.2 Å². The highest BCUT2D eigenvalue weighted by Crippen LogP contribution is 2.31. The monoisotopic (exact) mass is 366 g/mol. The van der Waals surface area contributed by atoms with E-state index in [1.165, 1.54) is 39.2 Å². The van der Waals surface area contributed by atoms with Crippen molar-refractivity contribution in [2.45, 2.75) is 56.9 Å². The van der Waals surface area contributed by atoms with E-state index in [4.69, 9.17) is 4.74 Å². The van der Waals surface area contributed by atoms with Gasteiger partial charge in [-0.15, -0.1) is 0 Å². The maximum absolute atomic E-state index is 13.1. The van der Waals surface area contributed by atoms with Gasteiger partial charge in [0.05, 0.1) is 7.11 Å². The highest BCUT2D eigenvalue weighted by molar-refractivity contribution is 7.89. The summed E-state index contributed by atoms with van der Waals surface area (Å²) in [6, 6.07) is 4.21. The van der Waals surface area contributed by atoms with Crippen LogP contribution in [0.3, 0.4) is 0 Å². The molecule has 0 N–H and O–H groups in total. The molecule has 25 heavy (non-hydrogen) atoms. The van der Waals surface area contributed by atoms with Gasteiger partial charge in [0, 0.05) is 32.2 Å².